The van der Waals surface area contributed by atoms with Gasteiger partial charge in [0.2, 0.25) is 5.95 Å². The third-order valence-corrected chi connectivity index (χ3v) is 3.26. The topological polar surface area (TPSA) is 75.6 Å². The second kappa shape index (κ2) is 7.12. The lowest BCUT2D eigenvalue weighted by atomic mass is 10.1. The van der Waals surface area contributed by atoms with Crippen molar-refractivity contribution in [3.05, 3.63) is 66.1 Å². The predicted octanol–water partition coefficient (Wildman–Crippen LogP) is 3.64. The highest BCUT2D eigenvalue weighted by atomic mass is 19.4. The SMILES string of the molecule is FC(F)(F)c1ccccc1Nc1nncc(NCc2ccncc2)n1. The molecule has 2 N–H and O–H groups in total. The van der Waals surface area contributed by atoms with Crippen LogP contribution in [0.1, 0.15) is 11.1 Å². The second-order valence-electron chi connectivity index (χ2n) is 5.04. The molecule has 0 saturated heterocycles. The summed E-state index contributed by atoms with van der Waals surface area (Å²) in [5, 5.41) is 13.1. The first-order valence-electron chi connectivity index (χ1n) is 7.28. The molecule has 0 aliphatic rings. The zero-order chi connectivity index (χ0) is 17.7. The number of anilines is 3. The maximum absolute atomic E-state index is 13.0. The average Bonchev–Trinajstić information content (AvgIpc) is 2.61. The van der Waals surface area contributed by atoms with E-state index in [0.717, 1.165) is 11.6 Å². The van der Waals surface area contributed by atoms with Gasteiger partial charge < -0.3 is 10.6 Å². The van der Waals surface area contributed by atoms with Crippen LogP contribution in [0.3, 0.4) is 0 Å². The molecule has 3 rings (SSSR count). The minimum atomic E-state index is -4.48. The van der Waals surface area contributed by atoms with Crippen LogP contribution in [0.25, 0.3) is 0 Å². The summed E-state index contributed by atoms with van der Waals surface area (Å²) >= 11 is 0. The van der Waals surface area contributed by atoms with Crippen LogP contribution in [0.2, 0.25) is 0 Å². The third kappa shape index (κ3) is 4.40. The summed E-state index contributed by atoms with van der Waals surface area (Å²) in [6.45, 7) is 0.472. The predicted molar refractivity (Wildman–Crippen MR) is 86.1 cm³/mol. The Bertz CT molecular complexity index is 839. The van der Waals surface area contributed by atoms with Crippen LogP contribution >= 0.6 is 0 Å². The molecule has 0 fully saturated rings. The number of nitrogens with zero attached hydrogens (tertiary/aromatic N) is 4. The van der Waals surface area contributed by atoms with Gasteiger partial charge in [-0.1, -0.05) is 12.1 Å². The van der Waals surface area contributed by atoms with Crippen LogP contribution in [0.5, 0.6) is 0 Å². The molecule has 0 aliphatic carbocycles. The van der Waals surface area contributed by atoms with Gasteiger partial charge in [-0.15, -0.1) is 5.10 Å². The van der Waals surface area contributed by atoms with E-state index < -0.39 is 11.7 Å². The van der Waals surface area contributed by atoms with Gasteiger partial charge in [0.25, 0.3) is 0 Å². The molecule has 0 bridgehead atoms. The summed E-state index contributed by atoms with van der Waals surface area (Å²) in [6.07, 6.45) is 0.239. The summed E-state index contributed by atoms with van der Waals surface area (Å²) in [6, 6.07) is 8.78. The number of halogens is 3. The van der Waals surface area contributed by atoms with Crippen LogP contribution in [0, 0.1) is 0 Å². The van der Waals surface area contributed by atoms with Crippen molar-refractivity contribution in [3.63, 3.8) is 0 Å². The highest BCUT2D eigenvalue weighted by molar-refractivity contribution is 5.59. The van der Waals surface area contributed by atoms with Crippen molar-refractivity contribution in [3.8, 4) is 0 Å². The number of alkyl halides is 3. The quantitative estimate of drug-likeness (QED) is 0.735. The number of hydrogen-bond acceptors (Lipinski definition) is 6. The van der Waals surface area contributed by atoms with Gasteiger partial charge in [0.1, 0.15) is 0 Å². The molecular weight excluding hydrogens is 333 g/mol. The van der Waals surface area contributed by atoms with E-state index in [1.54, 1.807) is 12.4 Å². The summed E-state index contributed by atoms with van der Waals surface area (Å²) in [5.41, 5.74) is 0.0439. The first-order valence-corrected chi connectivity index (χ1v) is 7.28. The molecule has 0 radical (unpaired) electrons. The monoisotopic (exact) mass is 346 g/mol. The minimum Gasteiger partial charge on any atom is -0.365 e. The number of nitrogens with one attached hydrogen (secondary N) is 2. The second-order valence-corrected chi connectivity index (χ2v) is 5.04. The number of rotatable bonds is 5. The maximum atomic E-state index is 13.0. The molecule has 0 unspecified atom stereocenters. The van der Waals surface area contributed by atoms with E-state index in [2.05, 4.69) is 30.8 Å². The molecule has 0 saturated carbocycles. The van der Waals surface area contributed by atoms with Crippen molar-refractivity contribution in [2.24, 2.45) is 0 Å². The van der Waals surface area contributed by atoms with Crippen molar-refractivity contribution < 1.29 is 13.2 Å². The molecule has 1 aromatic carbocycles. The molecule has 2 heterocycles. The molecule has 0 atom stereocenters. The molecule has 128 valence electrons. The molecule has 0 aliphatic heterocycles. The minimum absolute atomic E-state index is 0.0311. The van der Waals surface area contributed by atoms with E-state index >= 15 is 0 Å². The molecule has 9 heteroatoms. The fourth-order valence-electron chi connectivity index (χ4n) is 2.09. The number of benzene rings is 1. The lowest BCUT2D eigenvalue weighted by Gasteiger charge is -2.13. The largest absolute Gasteiger partial charge is 0.418 e. The van der Waals surface area contributed by atoms with E-state index in [0.29, 0.717) is 12.4 Å². The molecule has 2 aromatic heterocycles. The Morgan fingerprint density at radius 3 is 2.52 bits per heavy atom. The van der Waals surface area contributed by atoms with Gasteiger partial charge >= 0.3 is 6.18 Å². The Labute approximate surface area is 141 Å². The molecule has 6 nitrogen and oxygen atoms in total. The Balaban J connectivity index is 1.74. The number of pyridine rings is 1. The van der Waals surface area contributed by atoms with Gasteiger partial charge in [-0.25, -0.2) is 0 Å². The lowest BCUT2D eigenvalue weighted by molar-refractivity contribution is -0.136. The molecular formula is C16H13F3N6. The number of para-hydroxylation sites is 1. The summed E-state index contributed by atoms with van der Waals surface area (Å²) in [4.78, 5) is 8.05. The standard InChI is InChI=1S/C16H13F3N6/c17-16(18,19)12-3-1-2-4-13(12)23-15-24-14(10-22-25-15)21-9-11-5-7-20-8-6-11/h1-8,10H,9H2,(H2,21,23,24,25). The first-order chi connectivity index (χ1) is 12.0. The van der Waals surface area contributed by atoms with E-state index in [1.165, 1.54) is 24.4 Å². The zero-order valence-corrected chi connectivity index (χ0v) is 12.8. The smallest absolute Gasteiger partial charge is 0.365 e. The molecule has 0 spiro atoms. The average molecular weight is 346 g/mol. The van der Waals surface area contributed by atoms with Crippen LogP contribution in [-0.4, -0.2) is 20.2 Å². The van der Waals surface area contributed by atoms with Crippen molar-refractivity contribution in [2.75, 3.05) is 10.6 Å². The Kier molecular flexibility index (Phi) is 4.73. The Hall–Kier alpha value is -3.23. The first kappa shape index (κ1) is 16.6. The van der Waals surface area contributed by atoms with Gasteiger partial charge in [0.15, 0.2) is 5.82 Å². The van der Waals surface area contributed by atoms with Crippen LogP contribution in [0.4, 0.5) is 30.6 Å². The zero-order valence-electron chi connectivity index (χ0n) is 12.8. The van der Waals surface area contributed by atoms with E-state index in [4.69, 9.17) is 0 Å². The molecule has 0 amide bonds. The van der Waals surface area contributed by atoms with Gasteiger partial charge in [-0.05, 0) is 29.8 Å². The Morgan fingerprint density at radius 2 is 1.76 bits per heavy atom. The fraction of sp³-hybridized carbons (Fsp3) is 0.125. The number of hydrogen-bond donors (Lipinski definition) is 2. The maximum Gasteiger partial charge on any atom is 0.418 e. The van der Waals surface area contributed by atoms with Gasteiger partial charge in [0, 0.05) is 18.9 Å². The van der Waals surface area contributed by atoms with Gasteiger partial charge in [0.05, 0.1) is 17.4 Å². The molecule has 25 heavy (non-hydrogen) atoms. The van der Waals surface area contributed by atoms with Crippen molar-refractivity contribution in [1.82, 2.24) is 20.2 Å². The van der Waals surface area contributed by atoms with Crippen LogP contribution in [-0.2, 0) is 12.7 Å². The van der Waals surface area contributed by atoms with Gasteiger partial charge in [-0.2, -0.15) is 23.3 Å². The summed E-state index contributed by atoms with van der Waals surface area (Å²) in [7, 11) is 0. The third-order valence-electron chi connectivity index (χ3n) is 3.26. The summed E-state index contributed by atoms with van der Waals surface area (Å²) in [5.74, 6) is 0.357. The van der Waals surface area contributed by atoms with E-state index in [1.807, 2.05) is 12.1 Å². The van der Waals surface area contributed by atoms with Crippen molar-refractivity contribution >= 4 is 17.5 Å². The van der Waals surface area contributed by atoms with Gasteiger partial charge in [-0.3, -0.25) is 4.98 Å². The Morgan fingerprint density at radius 1 is 1.00 bits per heavy atom. The fourth-order valence-corrected chi connectivity index (χ4v) is 2.09. The highest BCUT2D eigenvalue weighted by Crippen LogP contribution is 2.35. The normalized spacial score (nSPS) is 11.2. The van der Waals surface area contributed by atoms with E-state index in [9.17, 15) is 13.2 Å². The van der Waals surface area contributed by atoms with E-state index in [-0.39, 0.29) is 11.6 Å². The molecule has 3 aromatic rings. The van der Waals surface area contributed by atoms with Crippen molar-refractivity contribution in [2.45, 2.75) is 12.7 Å². The van der Waals surface area contributed by atoms with Crippen molar-refractivity contribution in [1.29, 1.82) is 0 Å². The number of aromatic nitrogens is 4. The van der Waals surface area contributed by atoms with Crippen LogP contribution in [0.15, 0.2) is 55.0 Å². The van der Waals surface area contributed by atoms with Crippen LogP contribution < -0.4 is 10.6 Å². The highest BCUT2D eigenvalue weighted by Gasteiger charge is 2.33. The summed E-state index contributed by atoms with van der Waals surface area (Å²) < 4.78 is 39.1. The lowest BCUT2D eigenvalue weighted by Crippen LogP contribution is -2.10.